The number of hydrogen-bond acceptors (Lipinski definition) is 17. The van der Waals surface area contributed by atoms with Crippen LogP contribution in [-0.4, -0.2) is 111 Å². The van der Waals surface area contributed by atoms with Crippen molar-refractivity contribution in [3.05, 3.63) is 350 Å². The van der Waals surface area contributed by atoms with Gasteiger partial charge in [-0.1, -0.05) is 218 Å². The Hall–Kier alpha value is -10.6. The molecule has 0 radical (unpaired) electrons. The Labute approximate surface area is 560 Å². The van der Waals surface area contributed by atoms with Crippen molar-refractivity contribution in [3.63, 3.8) is 0 Å². The zero-order chi connectivity index (χ0) is 67.5. The highest BCUT2D eigenvalue weighted by Crippen LogP contribution is 2.51. The molecule has 2 fully saturated rings. The predicted molar refractivity (Wildman–Crippen MR) is 366 cm³/mol. The number of benzene rings is 9. The Bertz CT molecular complexity index is 4330. The van der Waals surface area contributed by atoms with Crippen LogP contribution in [0.25, 0.3) is 0 Å². The van der Waals surface area contributed by atoms with E-state index in [-0.39, 0.29) is 5.82 Å². The lowest BCUT2D eigenvalue weighted by atomic mass is 9.77. The Kier molecular flexibility index (Phi) is 20.3. The molecule has 0 amide bonds. The zero-order valence-electron chi connectivity index (χ0n) is 53.4. The fourth-order valence-corrected chi connectivity index (χ4v) is 13.0. The van der Waals surface area contributed by atoms with Gasteiger partial charge >= 0.3 is 11.4 Å². The van der Waals surface area contributed by atoms with Gasteiger partial charge in [0.1, 0.15) is 82.2 Å². The van der Waals surface area contributed by atoms with Crippen molar-refractivity contribution in [2.24, 2.45) is 0 Å². The van der Waals surface area contributed by atoms with E-state index < -0.39 is 90.4 Å². The standard InChI is InChI=1S/C69H61N3O8.C9H13N3O5/c1-75-58-40-34-51(35-41-58)67(49-22-10-4-11-23-49,50-24-12-5-13-25-50)71-62-46-47-72(66(74)70-62)65-64(80-69(54-30-18-8-19-31-54,55-32-20-9-21-33-55)57-38-44-60(77-3)45-39-57)63(61(48-73)78-65)79-68(52-26-14-6-15-27-52,53-28-16-7-17-29-53)56-36-42-59(76-2)43-37-56;10-5-1-2-12(9(16)11-5)8-7(15)6(14)4(3-13)17-8/h4-47,61,63-65,73H,48H2,1-3H3,(H,70,71,74);1-2,4,6-8,13-15H,3H2,(H2,10,11,16)/t61-,63-,64+,65?;4-,6-,7+,8-/m11/s1. The van der Waals surface area contributed by atoms with Gasteiger partial charge in [-0.3, -0.25) is 9.13 Å². The van der Waals surface area contributed by atoms with E-state index in [0.29, 0.717) is 23.1 Å². The van der Waals surface area contributed by atoms with Gasteiger partial charge < -0.3 is 64.6 Å². The third-order valence-corrected chi connectivity index (χ3v) is 17.8. The number of nitrogens with two attached hydrogens (primary N) is 1. The Morgan fingerprint density at radius 1 is 0.412 bits per heavy atom. The summed E-state index contributed by atoms with van der Waals surface area (Å²) < 4.78 is 47.7. The molecule has 2 saturated heterocycles. The van der Waals surface area contributed by atoms with Gasteiger partial charge in [-0.2, -0.15) is 9.97 Å². The van der Waals surface area contributed by atoms with Crippen molar-refractivity contribution in [1.82, 2.24) is 19.1 Å². The van der Waals surface area contributed by atoms with Crippen LogP contribution in [0.15, 0.2) is 289 Å². The highest BCUT2D eigenvalue weighted by molar-refractivity contribution is 5.59. The van der Waals surface area contributed by atoms with Gasteiger partial charge in [-0.15, -0.1) is 0 Å². The van der Waals surface area contributed by atoms with E-state index in [1.54, 1.807) is 33.6 Å². The number of ether oxygens (including phenoxy) is 7. The second-order valence-electron chi connectivity index (χ2n) is 23.3. The van der Waals surface area contributed by atoms with E-state index in [2.05, 4.69) is 34.6 Å². The molecule has 0 bridgehead atoms. The highest BCUT2D eigenvalue weighted by atomic mass is 16.6. The fraction of sp³-hybridized carbons (Fsp3) is 0.205. The van der Waals surface area contributed by atoms with Crippen LogP contribution in [0.4, 0.5) is 11.6 Å². The van der Waals surface area contributed by atoms with Crippen LogP contribution in [0.1, 0.15) is 62.5 Å². The SMILES string of the molecule is COc1ccc(C(Nc2ccn(C3O[C@H](CO)[C@@H](OC(c4ccccc4)(c4ccccc4)c4ccc(OC)cc4)[C@@H]3OC(c3ccccc3)(c3ccccc3)c3ccc(OC)cc3)c(=O)n2)(c2ccccc2)c2ccccc2)cc1.Nc1ccn([C@@H]2O[C@H](CO)[C@@H](O)[C@@H]2O)c(=O)n1. The molecule has 2 aliphatic rings. The van der Waals surface area contributed by atoms with Gasteiger partial charge in [-0.25, -0.2) is 9.59 Å². The number of anilines is 2. The molecular weight excluding hydrogens is 1230 g/mol. The van der Waals surface area contributed by atoms with Gasteiger partial charge in [0, 0.05) is 12.4 Å². The lowest BCUT2D eigenvalue weighted by Gasteiger charge is -2.43. The maximum absolute atomic E-state index is 15.4. The Balaban J connectivity index is 0.000000459. The third kappa shape index (κ3) is 13.2. The van der Waals surface area contributed by atoms with Gasteiger partial charge in [-0.05, 0) is 98.6 Å². The van der Waals surface area contributed by atoms with Crippen LogP contribution in [-0.2, 0) is 35.7 Å². The molecular formula is C78H74N6O13. The molecule has 13 rings (SSSR count). The summed E-state index contributed by atoms with van der Waals surface area (Å²) in [5.41, 5.74) is 7.59. The van der Waals surface area contributed by atoms with Gasteiger partial charge in [0.05, 0.1) is 34.5 Å². The van der Waals surface area contributed by atoms with E-state index in [1.165, 1.54) is 16.8 Å². The predicted octanol–water partition coefficient (Wildman–Crippen LogP) is 9.75. The van der Waals surface area contributed by atoms with E-state index in [1.807, 2.05) is 231 Å². The van der Waals surface area contributed by atoms with Crippen LogP contribution in [0.2, 0.25) is 0 Å². The summed E-state index contributed by atoms with van der Waals surface area (Å²) in [5.74, 6) is 2.37. The molecule has 7 N–H and O–H groups in total. The van der Waals surface area contributed by atoms with Gasteiger partial charge in [0.2, 0.25) is 0 Å². The normalized spacial score (nSPS) is 19.3. The zero-order valence-corrected chi connectivity index (χ0v) is 53.4. The number of aliphatic hydroxyl groups excluding tert-OH is 4. The number of aliphatic hydroxyl groups is 4. The van der Waals surface area contributed by atoms with E-state index in [4.69, 9.17) is 49.0 Å². The topological polar surface area (TPSA) is 253 Å². The molecule has 1 unspecified atom stereocenters. The fourth-order valence-electron chi connectivity index (χ4n) is 13.0. The smallest absolute Gasteiger partial charge is 0.351 e. The maximum Gasteiger partial charge on any atom is 0.351 e. The van der Waals surface area contributed by atoms with Crippen molar-refractivity contribution in [2.75, 3.05) is 45.6 Å². The lowest BCUT2D eigenvalue weighted by Crippen LogP contribution is -2.49. The Morgan fingerprint density at radius 2 is 0.742 bits per heavy atom. The van der Waals surface area contributed by atoms with Crippen molar-refractivity contribution in [1.29, 1.82) is 0 Å². The molecule has 2 aliphatic heterocycles. The van der Waals surface area contributed by atoms with Gasteiger partial charge in [0.15, 0.2) is 12.5 Å². The summed E-state index contributed by atoms with van der Waals surface area (Å²) in [6.45, 7) is -0.957. The van der Waals surface area contributed by atoms with E-state index in [9.17, 15) is 20.1 Å². The molecule has 4 heterocycles. The summed E-state index contributed by atoms with van der Waals surface area (Å²) >= 11 is 0. The summed E-state index contributed by atoms with van der Waals surface area (Å²) in [4.78, 5) is 35.3. The first kappa shape index (κ1) is 66.4. The van der Waals surface area contributed by atoms with Crippen LogP contribution >= 0.6 is 0 Å². The van der Waals surface area contributed by atoms with Crippen molar-refractivity contribution >= 4 is 11.6 Å². The second-order valence-corrected chi connectivity index (χ2v) is 23.3. The number of nitrogens with zero attached hydrogens (tertiary/aromatic N) is 4. The summed E-state index contributed by atoms with van der Waals surface area (Å²) in [7, 11) is 4.91. The molecule has 0 aliphatic carbocycles. The van der Waals surface area contributed by atoms with Gasteiger partial charge in [0.25, 0.3) is 0 Å². The average molecular weight is 1300 g/mol. The van der Waals surface area contributed by atoms with Crippen LogP contribution in [0.3, 0.4) is 0 Å². The number of nitrogen functional groups attached to an aromatic ring is 1. The first-order chi connectivity index (χ1) is 47.4. The number of nitrogens with one attached hydrogen (secondary N) is 1. The minimum absolute atomic E-state index is 0.0537. The molecule has 19 heteroatoms. The minimum Gasteiger partial charge on any atom is -0.497 e. The Morgan fingerprint density at radius 3 is 1.11 bits per heavy atom. The molecule has 494 valence electrons. The average Bonchev–Trinajstić information content (AvgIpc) is 1.70. The first-order valence-electron chi connectivity index (χ1n) is 31.6. The quantitative estimate of drug-likeness (QED) is 0.0345. The lowest BCUT2D eigenvalue weighted by molar-refractivity contribution is -0.156. The largest absolute Gasteiger partial charge is 0.497 e. The van der Waals surface area contributed by atoms with Crippen molar-refractivity contribution in [2.45, 2.75) is 65.8 Å². The summed E-state index contributed by atoms with van der Waals surface area (Å²) in [6.07, 6.45) is -6.19. The van der Waals surface area contributed by atoms with Crippen molar-refractivity contribution in [3.8, 4) is 17.2 Å². The summed E-state index contributed by atoms with van der Waals surface area (Å²) in [5, 5.41) is 43.7. The molecule has 11 aromatic rings. The molecule has 2 aromatic heterocycles. The molecule has 97 heavy (non-hydrogen) atoms. The molecule has 0 spiro atoms. The monoisotopic (exact) mass is 1300 g/mol. The van der Waals surface area contributed by atoms with Crippen LogP contribution < -0.4 is 36.6 Å². The maximum atomic E-state index is 15.4. The number of hydrogen-bond donors (Lipinski definition) is 6. The molecule has 0 saturated carbocycles. The number of methoxy groups -OCH3 is 3. The third-order valence-electron chi connectivity index (χ3n) is 17.8. The highest BCUT2D eigenvalue weighted by Gasteiger charge is 2.56. The number of rotatable bonds is 22. The van der Waals surface area contributed by atoms with Crippen LogP contribution in [0.5, 0.6) is 17.2 Å². The molecule has 19 nitrogen and oxygen atoms in total. The molecule has 9 aromatic carbocycles. The van der Waals surface area contributed by atoms with Crippen LogP contribution in [0, 0.1) is 0 Å². The van der Waals surface area contributed by atoms with E-state index in [0.717, 1.165) is 54.6 Å². The minimum atomic E-state index is -1.41. The van der Waals surface area contributed by atoms with E-state index >= 15 is 4.79 Å². The number of aromatic nitrogens is 4. The second kappa shape index (κ2) is 29.6. The first-order valence-corrected chi connectivity index (χ1v) is 31.6. The molecule has 8 atom stereocenters. The summed E-state index contributed by atoms with van der Waals surface area (Å²) in [6, 6.07) is 86.6. The van der Waals surface area contributed by atoms with Crippen molar-refractivity contribution < 1.29 is 53.6 Å².